The molecule has 0 aliphatic heterocycles. The van der Waals surface area contributed by atoms with Gasteiger partial charge in [-0.15, -0.1) is 0 Å². The molecule has 0 bridgehead atoms. The SMILES string of the molecule is Cc1ncc(C(C)NC(CO)c2cc(F)c(F)c(F)c2)c(C)n1. The van der Waals surface area contributed by atoms with Gasteiger partial charge in [0.15, 0.2) is 17.5 Å². The van der Waals surface area contributed by atoms with Gasteiger partial charge >= 0.3 is 0 Å². The topological polar surface area (TPSA) is 58.0 Å². The molecule has 23 heavy (non-hydrogen) atoms. The molecule has 7 heteroatoms. The Bertz CT molecular complexity index is 686. The standard InChI is InChI=1S/C16H18F3N3O/c1-8-12(6-20-10(3)21-8)9(2)22-15(7-23)11-4-13(17)16(19)14(18)5-11/h4-6,9,15,22-23H,7H2,1-3H3. The van der Waals surface area contributed by atoms with Gasteiger partial charge in [0.1, 0.15) is 5.82 Å². The zero-order valence-corrected chi connectivity index (χ0v) is 13.1. The molecule has 4 nitrogen and oxygen atoms in total. The maximum absolute atomic E-state index is 13.4. The summed E-state index contributed by atoms with van der Waals surface area (Å²) in [7, 11) is 0. The van der Waals surface area contributed by atoms with Gasteiger partial charge in [-0.25, -0.2) is 23.1 Å². The summed E-state index contributed by atoms with van der Waals surface area (Å²) in [5.41, 5.74) is 1.70. The second-order valence-electron chi connectivity index (χ2n) is 5.38. The van der Waals surface area contributed by atoms with E-state index in [0.29, 0.717) is 5.82 Å². The Morgan fingerprint density at radius 3 is 2.30 bits per heavy atom. The van der Waals surface area contributed by atoms with Gasteiger partial charge in [0.05, 0.1) is 12.6 Å². The highest BCUT2D eigenvalue weighted by molar-refractivity contribution is 5.25. The van der Waals surface area contributed by atoms with Crippen LogP contribution in [0.15, 0.2) is 18.3 Å². The second-order valence-corrected chi connectivity index (χ2v) is 5.38. The highest BCUT2D eigenvalue weighted by Gasteiger charge is 2.20. The number of benzene rings is 1. The Balaban J connectivity index is 2.25. The minimum atomic E-state index is -1.53. The van der Waals surface area contributed by atoms with E-state index in [9.17, 15) is 18.3 Å². The van der Waals surface area contributed by atoms with Crippen LogP contribution in [-0.4, -0.2) is 21.7 Å². The van der Waals surface area contributed by atoms with Crippen LogP contribution in [-0.2, 0) is 0 Å². The number of aromatic nitrogens is 2. The number of rotatable bonds is 5. The Labute approximate surface area is 132 Å². The first kappa shape index (κ1) is 17.4. The van der Waals surface area contributed by atoms with E-state index in [1.165, 1.54) is 0 Å². The molecule has 0 radical (unpaired) electrons. The monoisotopic (exact) mass is 325 g/mol. The molecule has 0 aliphatic carbocycles. The van der Waals surface area contributed by atoms with Crippen molar-refractivity contribution in [3.8, 4) is 0 Å². The third-order valence-corrected chi connectivity index (χ3v) is 3.65. The van der Waals surface area contributed by atoms with Crippen LogP contribution in [0.1, 0.15) is 41.7 Å². The fourth-order valence-electron chi connectivity index (χ4n) is 2.44. The van der Waals surface area contributed by atoms with Crippen LogP contribution in [0, 0.1) is 31.3 Å². The Morgan fingerprint density at radius 1 is 1.17 bits per heavy atom. The molecular weight excluding hydrogens is 307 g/mol. The van der Waals surface area contributed by atoms with Gasteiger partial charge in [-0.3, -0.25) is 0 Å². The molecule has 2 aromatic rings. The van der Waals surface area contributed by atoms with Crippen molar-refractivity contribution in [2.75, 3.05) is 6.61 Å². The molecule has 0 spiro atoms. The van der Waals surface area contributed by atoms with E-state index in [2.05, 4.69) is 15.3 Å². The third-order valence-electron chi connectivity index (χ3n) is 3.65. The van der Waals surface area contributed by atoms with Gasteiger partial charge in [0, 0.05) is 23.5 Å². The lowest BCUT2D eigenvalue weighted by atomic mass is 10.0. The van der Waals surface area contributed by atoms with Gasteiger partial charge in [0.2, 0.25) is 0 Å². The smallest absolute Gasteiger partial charge is 0.194 e. The van der Waals surface area contributed by atoms with Crippen LogP contribution in [0.4, 0.5) is 13.2 Å². The molecule has 2 N–H and O–H groups in total. The fraction of sp³-hybridized carbons (Fsp3) is 0.375. The van der Waals surface area contributed by atoms with Gasteiger partial charge in [-0.05, 0) is 38.5 Å². The number of hydrogen-bond donors (Lipinski definition) is 2. The van der Waals surface area contributed by atoms with Crippen molar-refractivity contribution in [2.45, 2.75) is 32.9 Å². The number of halogens is 3. The Kier molecular flexibility index (Phi) is 5.33. The summed E-state index contributed by atoms with van der Waals surface area (Å²) in [5, 5.41) is 12.6. The Hall–Kier alpha value is -1.99. The van der Waals surface area contributed by atoms with Crippen LogP contribution in [0.3, 0.4) is 0 Å². The average molecular weight is 325 g/mol. The Morgan fingerprint density at radius 2 is 1.78 bits per heavy atom. The molecule has 2 atom stereocenters. The molecule has 0 saturated heterocycles. The van der Waals surface area contributed by atoms with Crippen molar-refractivity contribution >= 4 is 0 Å². The van der Waals surface area contributed by atoms with E-state index < -0.39 is 30.1 Å². The first-order chi connectivity index (χ1) is 10.8. The first-order valence-electron chi connectivity index (χ1n) is 7.15. The summed E-state index contributed by atoms with van der Waals surface area (Å²) < 4.78 is 39.8. The lowest BCUT2D eigenvalue weighted by molar-refractivity contribution is 0.234. The first-order valence-corrected chi connectivity index (χ1v) is 7.15. The van der Waals surface area contributed by atoms with E-state index in [1.807, 2.05) is 13.8 Å². The van der Waals surface area contributed by atoms with Crippen molar-refractivity contribution in [3.63, 3.8) is 0 Å². The molecular formula is C16H18F3N3O. The maximum Gasteiger partial charge on any atom is 0.194 e. The van der Waals surface area contributed by atoms with E-state index in [0.717, 1.165) is 23.4 Å². The van der Waals surface area contributed by atoms with Gasteiger partial charge < -0.3 is 10.4 Å². The summed E-state index contributed by atoms with van der Waals surface area (Å²) in [4.78, 5) is 8.38. The van der Waals surface area contributed by atoms with Gasteiger partial charge in [-0.2, -0.15) is 0 Å². The fourth-order valence-corrected chi connectivity index (χ4v) is 2.44. The minimum Gasteiger partial charge on any atom is -0.394 e. The molecule has 124 valence electrons. The largest absolute Gasteiger partial charge is 0.394 e. The zero-order chi connectivity index (χ0) is 17.1. The lowest BCUT2D eigenvalue weighted by Crippen LogP contribution is -2.28. The second kappa shape index (κ2) is 7.06. The average Bonchev–Trinajstić information content (AvgIpc) is 2.49. The highest BCUT2D eigenvalue weighted by Crippen LogP contribution is 2.23. The van der Waals surface area contributed by atoms with Crippen LogP contribution in [0.25, 0.3) is 0 Å². The van der Waals surface area contributed by atoms with Gasteiger partial charge in [0.25, 0.3) is 0 Å². The number of nitrogens with zero attached hydrogens (tertiary/aromatic N) is 2. The predicted molar refractivity (Wildman–Crippen MR) is 79.2 cm³/mol. The normalized spacial score (nSPS) is 13.9. The van der Waals surface area contributed by atoms with Crippen molar-refractivity contribution < 1.29 is 18.3 Å². The van der Waals surface area contributed by atoms with E-state index in [-0.39, 0.29) is 11.6 Å². The van der Waals surface area contributed by atoms with Crippen molar-refractivity contribution in [1.29, 1.82) is 0 Å². The van der Waals surface area contributed by atoms with E-state index in [4.69, 9.17) is 0 Å². The number of aliphatic hydroxyl groups excluding tert-OH is 1. The summed E-state index contributed by atoms with van der Waals surface area (Å²) in [6.45, 7) is 5.02. The predicted octanol–water partition coefficient (Wildman–Crippen LogP) is 2.89. The molecule has 2 unspecified atom stereocenters. The quantitative estimate of drug-likeness (QED) is 0.830. The molecule has 0 amide bonds. The van der Waals surface area contributed by atoms with Crippen molar-refractivity contribution in [1.82, 2.24) is 15.3 Å². The van der Waals surface area contributed by atoms with E-state index in [1.54, 1.807) is 13.1 Å². The number of aryl methyl sites for hydroxylation is 2. The highest BCUT2D eigenvalue weighted by atomic mass is 19.2. The molecule has 1 aromatic carbocycles. The van der Waals surface area contributed by atoms with Crippen LogP contribution in [0.5, 0.6) is 0 Å². The molecule has 1 heterocycles. The summed E-state index contributed by atoms with van der Waals surface area (Å²) in [6.07, 6.45) is 1.66. The number of hydrogen-bond acceptors (Lipinski definition) is 4. The van der Waals surface area contributed by atoms with Crippen molar-refractivity contribution in [2.24, 2.45) is 0 Å². The third kappa shape index (κ3) is 3.86. The minimum absolute atomic E-state index is 0.126. The van der Waals surface area contributed by atoms with Crippen LogP contribution < -0.4 is 5.32 Å². The maximum atomic E-state index is 13.4. The molecule has 0 saturated carbocycles. The lowest BCUT2D eigenvalue weighted by Gasteiger charge is -2.23. The zero-order valence-electron chi connectivity index (χ0n) is 13.1. The van der Waals surface area contributed by atoms with Crippen LogP contribution in [0.2, 0.25) is 0 Å². The summed E-state index contributed by atoms with van der Waals surface area (Å²) >= 11 is 0. The molecule has 2 rings (SSSR count). The van der Waals surface area contributed by atoms with Crippen molar-refractivity contribution in [3.05, 3.63) is 58.4 Å². The molecule has 1 aromatic heterocycles. The van der Waals surface area contributed by atoms with Crippen LogP contribution >= 0.6 is 0 Å². The number of aliphatic hydroxyl groups is 1. The number of nitrogens with one attached hydrogen (secondary N) is 1. The van der Waals surface area contributed by atoms with E-state index >= 15 is 0 Å². The molecule has 0 fully saturated rings. The molecule has 0 aliphatic rings. The summed E-state index contributed by atoms with van der Waals surface area (Å²) in [6, 6.07) is 0.717. The van der Waals surface area contributed by atoms with Gasteiger partial charge in [-0.1, -0.05) is 0 Å². The summed E-state index contributed by atoms with van der Waals surface area (Å²) in [5.74, 6) is -3.47.